The molecule has 0 bridgehead atoms. The molecule has 0 heterocycles. The molecule has 1 fully saturated rings. The van der Waals surface area contributed by atoms with Crippen LogP contribution in [0.3, 0.4) is 0 Å². The molecular formula is C16H25NO2. The predicted octanol–water partition coefficient (Wildman–Crippen LogP) is 2.81. The fraction of sp³-hybridized carbons (Fsp3) is 0.625. The van der Waals surface area contributed by atoms with Gasteiger partial charge in [0.25, 0.3) is 0 Å². The van der Waals surface area contributed by atoms with Gasteiger partial charge >= 0.3 is 0 Å². The number of ether oxygens (including phenoxy) is 2. The highest BCUT2D eigenvalue weighted by Gasteiger charge is 2.33. The van der Waals surface area contributed by atoms with E-state index in [2.05, 4.69) is 35.6 Å². The monoisotopic (exact) mass is 263 g/mol. The summed E-state index contributed by atoms with van der Waals surface area (Å²) < 4.78 is 10.9. The zero-order valence-corrected chi connectivity index (χ0v) is 12.0. The van der Waals surface area contributed by atoms with E-state index in [0.29, 0.717) is 11.8 Å². The first-order chi connectivity index (χ1) is 9.35. The van der Waals surface area contributed by atoms with Crippen molar-refractivity contribution < 1.29 is 9.47 Å². The Morgan fingerprint density at radius 2 is 1.89 bits per heavy atom. The average Bonchev–Trinajstić information content (AvgIpc) is 2.90. The van der Waals surface area contributed by atoms with Crippen molar-refractivity contribution in [3.8, 4) is 0 Å². The first kappa shape index (κ1) is 14.5. The maximum Gasteiger partial charge on any atom is 0.159 e. The van der Waals surface area contributed by atoms with Gasteiger partial charge in [-0.1, -0.05) is 36.8 Å². The Labute approximate surface area is 116 Å². The second kappa shape index (κ2) is 7.63. The Balaban J connectivity index is 1.78. The quantitative estimate of drug-likeness (QED) is 0.767. The van der Waals surface area contributed by atoms with E-state index in [1.165, 1.54) is 24.8 Å². The molecular weight excluding hydrogens is 238 g/mol. The van der Waals surface area contributed by atoms with Crippen LogP contribution in [0.5, 0.6) is 0 Å². The maximum atomic E-state index is 5.43. The molecule has 0 saturated heterocycles. The van der Waals surface area contributed by atoms with E-state index in [0.717, 1.165) is 13.1 Å². The van der Waals surface area contributed by atoms with E-state index in [9.17, 15) is 0 Å². The van der Waals surface area contributed by atoms with Crippen molar-refractivity contribution in [2.24, 2.45) is 11.8 Å². The third kappa shape index (κ3) is 4.03. The van der Waals surface area contributed by atoms with Gasteiger partial charge in [-0.3, -0.25) is 0 Å². The lowest BCUT2D eigenvalue weighted by Crippen LogP contribution is -2.33. The minimum atomic E-state index is -0.0500. The molecule has 2 rings (SSSR count). The molecule has 1 aromatic carbocycles. The fourth-order valence-corrected chi connectivity index (χ4v) is 3.12. The van der Waals surface area contributed by atoms with Crippen molar-refractivity contribution in [3.05, 3.63) is 35.9 Å². The summed E-state index contributed by atoms with van der Waals surface area (Å²) in [7, 11) is 3.47. The zero-order chi connectivity index (χ0) is 13.5. The highest BCUT2D eigenvalue weighted by molar-refractivity contribution is 5.14. The van der Waals surface area contributed by atoms with E-state index in [1.54, 1.807) is 14.2 Å². The minimum absolute atomic E-state index is 0.0500. The Bertz CT molecular complexity index is 351. The van der Waals surface area contributed by atoms with Gasteiger partial charge in [-0.25, -0.2) is 0 Å². The summed E-state index contributed by atoms with van der Waals surface area (Å²) >= 11 is 0. The van der Waals surface area contributed by atoms with Gasteiger partial charge in [0.15, 0.2) is 6.29 Å². The number of hydrogen-bond donors (Lipinski definition) is 1. The summed E-state index contributed by atoms with van der Waals surface area (Å²) in [5, 5.41) is 3.57. The topological polar surface area (TPSA) is 30.5 Å². The summed E-state index contributed by atoms with van der Waals surface area (Å²) in [5.74, 6) is 1.19. The van der Waals surface area contributed by atoms with E-state index >= 15 is 0 Å². The van der Waals surface area contributed by atoms with Crippen molar-refractivity contribution in [3.63, 3.8) is 0 Å². The third-order valence-electron chi connectivity index (χ3n) is 4.11. The summed E-state index contributed by atoms with van der Waals surface area (Å²) in [6.45, 7) is 1.98. The Morgan fingerprint density at radius 3 is 2.58 bits per heavy atom. The Kier molecular flexibility index (Phi) is 5.83. The minimum Gasteiger partial charge on any atom is -0.356 e. The molecule has 0 aromatic heterocycles. The lowest BCUT2D eigenvalue weighted by atomic mass is 9.95. The summed E-state index contributed by atoms with van der Waals surface area (Å²) in [4.78, 5) is 0. The molecule has 0 amide bonds. The Hall–Kier alpha value is -0.900. The molecule has 3 heteroatoms. The van der Waals surface area contributed by atoms with Crippen molar-refractivity contribution in [1.82, 2.24) is 5.32 Å². The highest BCUT2D eigenvalue weighted by Crippen LogP contribution is 2.35. The highest BCUT2D eigenvalue weighted by atomic mass is 16.7. The zero-order valence-electron chi connectivity index (χ0n) is 12.0. The van der Waals surface area contributed by atoms with Crippen LogP contribution in [0, 0.1) is 11.8 Å². The van der Waals surface area contributed by atoms with Crippen LogP contribution in [0.1, 0.15) is 24.8 Å². The van der Waals surface area contributed by atoms with Gasteiger partial charge in [0.2, 0.25) is 0 Å². The second-order valence-corrected chi connectivity index (χ2v) is 5.31. The number of nitrogens with one attached hydrogen (secondary N) is 1. The van der Waals surface area contributed by atoms with Gasteiger partial charge in [0.05, 0.1) is 0 Å². The van der Waals surface area contributed by atoms with Crippen LogP contribution in [-0.2, 0) is 16.0 Å². The van der Waals surface area contributed by atoms with Crippen molar-refractivity contribution in [1.29, 1.82) is 0 Å². The summed E-state index contributed by atoms with van der Waals surface area (Å²) in [6.07, 6.45) is 3.72. The van der Waals surface area contributed by atoms with Crippen molar-refractivity contribution in [2.75, 3.05) is 20.8 Å². The van der Waals surface area contributed by atoms with Gasteiger partial charge < -0.3 is 14.8 Å². The summed E-state index contributed by atoms with van der Waals surface area (Å²) in [5.41, 5.74) is 1.34. The molecule has 2 atom stereocenters. The van der Waals surface area contributed by atoms with Gasteiger partial charge in [0.1, 0.15) is 0 Å². The maximum absolute atomic E-state index is 5.43. The lowest BCUT2D eigenvalue weighted by Gasteiger charge is -2.26. The lowest BCUT2D eigenvalue weighted by molar-refractivity contribution is -0.144. The molecule has 19 heavy (non-hydrogen) atoms. The molecule has 0 aliphatic heterocycles. The third-order valence-corrected chi connectivity index (χ3v) is 4.11. The normalized spacial score (nSPS) is 23.1. The van der Waals surface area contributed by atoms with Crippen LogP contribution in [0.4, 0.5) is 0 Å². The SMILES string of the molecule is COC(OC)[C@@H]1CCC[C@H]1CNCc1ccccc1. The number of rotatable bonds is 7. The van der Waals surface area contributed by atoms with E-state index in [-0.39, 0.29) is 6.29 Å². The number of benzene rings is 1. The largest absolute Gasteiger partial charge is 0.356 e. The molecule has 106 valence electrons. The fourth-order valence-electron chi connectivity index (χ4n) is 3.12. The van der Waals surface area contributed by atoms with Crippen LogP contribution in [0.2, 0.25) is 0 Å². The van der Waals surface area contributed by atoms with Crippen LogP contribution >= 0.6 is 0 Å². The predicted molar refractivity (Wildman–Crippen MR) is 76.8 cm³/mol. The number of methoxy groups -OCH3 is 2. The van der Waals surface area contributed by atoms with Gasteiger partial charge in [-0.05, 0) is 30.9 Å². The van der Waals surface area contributed by atoms with Crippen molar-refractivity contribution >= 4 is 0 Å². The first-order valence-electron chi connectivity index (χ1n) is 7.15. The van der Waals surface area contributed by atoms with Gasteiger partial charge in [0, 0.05) is 26.7 Å². The second-order valence-electron chi connectivity index (χ2n) is 5.31. The molecule has 1 aliphatic rings. The van der Waals surface area contributed by atoms with Crippen LogP contribution in [0.15, 0.2) is 30.3 Å². The van der Waals surface area contributed by atoms with Gasteiger partial charge in [-0.15, -0.1) is 0 Å². The molecule has 0 spiro atoms. The molecule has 3 nitrogen and oxygen atoms in total. The standard InChI is InChI=1S/C16H25NO2/c1-18-16(19-2)15-10-6-9-14(15)12-17-11-13-7-4-3-5-8-13/h3-5,7-8,14-17H,6,9-12H2,1-2H3/t14-,15+/m0/s1. The molecule has 0 unspecified atom stereocenters. The van der Waals surface area contributed by atoms with Crippen LogP contribution in [0.25, 0.3) is 0 Å². The number of hydrogen-bond acceptors (Lipinski definition) is 3. The molecule has 1 N–H and O–H groups in total. The van der Waals surface area contributed by atoms with E-state index in [1.807, 2.05) is 0 Å². The van der Waals surface area contributed by atoms with E-state index < -0.39 is 0 Å². The van der Waals surface area contributed by atoms with Crippen LogP contribution < -0.4 is 5.32 Å². The first-order valence-corrected chi connectivity index (χ1v) is 7.15. The smallest absolute Gasteiger partial charge is 0.159 e. The average molecular weight is 263 g/mol. The molecule has 0 radical (unpaired) electrons. The Morgan fingerprint density at radius 1 is 1.16 bits per heavy atom. The summed E-state index contributed by atoms with van der Waals surface area (Å²) in [6, 6.07) is 10.5. The van der Waals surface area contributed by atoms with E-state index in [4.69, 9.17) is 9.47 Å². The molecule has 1 aliphatic carbocycles. The molecule has 1 aromatic rings. The van der Waals surface area contributed by atoms with Crippen LogP contribution in [-0.4, -0.2) is 27.1 Å². The van der Waals surface area contributed by atoms with Gasteiger partial charge in [-0.2, -0.15) is 0 Å². The molecule has 1 saturated carbocycles. The van der Waals surface area contributed by atoms with Crippen molar-refractivity contribution in [2.45, 2.75) is 32.1 Å².